The van der Waals surface area contributed by atoms with Gasteiger partial charge in [0, 0.05) is 12.8 Å². The van der Waals surface area contributed by atoms with Crippen molar-refractivity contribution in [3.05, 3.63) is 40.2 Å². The third kappa shape index (κ3) is 3.86. The first-order chi connectivity index (χ1) is 10.5. The second kappa shape index (κ2) is 7.42. The topological polar surface area (TPSA) is 83.0 Å². The van der Waals surface area contributed by atoms with Crippen LogP contribution in [0, 0.1) is 0 Å². The van der Waals surface area contributed by atoms with Crippen LogP contribution in [0.3, 0.4) is 0 Å². The number of hydrogen-bond donors (Lipinski definition) is 3. The second-order valence-corrected chi connectivity index (χ2v) is 5.75. The number of halogens is 1. The molecule has 1 heterocycles. The molecule has 0 bridgehead atoms. The molecule has 0 radical (unpaired) electrons. The lowest BCUT2D eigenvalue weighted by molar-refractivity contribution is -0.132. The molecule has 22 heavy (non-hydrogen) atoms. The lowest BCUT2D eigenvalue weighted by Crippen LogP contribution is -2.37. The number of carboxylic acids is 1. The minimum absolute atomic E-state index is 0.102. The maximum atomic E-state index is 11.2. The average molecular weight is 342 g/mol. The molecule has 0 spiro atoms. The monoisotopic (exact) mass is 341 g/mol. The molecule has 0 saturated carbocycles. The molecule has 3 N–H and O–H groups in total. The minimum Gasteiger partial charge on any atom is -0.495 e. The van der Waals surface area contributed by atoms with Crippen LogP contribution in [0.2, 0.25) is 5.02 Å². The summed E-state index contributed by atoms with van der Waals surface area (Å²) in [7, 11) is 1.55. The Balaban J connectivity index is 2.12. The molecule has 0 aliphatic carbocycles. The molecule has 0 fully saturated rings. The summed E-state index contributed by atoms with van der Waals surface area (Å²) < 4.78 is 5.10. The Hall–Kier alpha value is -1.86. The molecule has 2 rings (SSSR count). The fourth-order valence-electron chi connectivity index (χ4n) is 1.88. The minimum atomic E-state index is -1.04. The summed E-state index contributed by atoms with van der Waals surface area (Å²) in [6.07, 6.45) is 3.25. The lowest BCUT2D eigenvalue weighted by Gasteiger charge is -2.23. The van der Waals surface area contributed by atoms with Gasteiger partial charge in [-0.15, -0.1) is 11.8 Å². The highest BCUT2D eigenvalue weighted by atomic mass is 35.5. The molecule has 1 aliphatic rings. The van der Waals surface area contributed by atoms with Crippen molar-refractivity contribution < 1.29 is 14.6 Å². The number of benzene rings is 1. The molecular weight excluding hydrogens is 326 g/mol. The normalized spacial score (nSPS) is 17.1. The zero-order valence-electron chi connectivity index (χ0n) is 12.1. The van der Waals surface area contributed by atoms with Crippen LogP contribution in [0.5, 0.6) is 5.75 Å². The number of thioether (sulfide) groups is 1. The van der Waals surface area contributed by atoms with Crippen LogP contribution in [-0.2, 0) is 11.3 Å². The third-order valence-corrected chi connectivity index (χ3v) is 4.00. The van der Waals surface area contributed by atoms with Gasteiger partial charge in [0.15, 0.2) is 5.50 Å². The van der Waals surface area contributed by atoms with Crippen molar-refractivity contribution in [2.75, 3.05) is 13.4 Å². The molecule has 118 valence electrons. The molecule has 1 aliphatic heterocycles. The molecule has 1 aromatic rings. The van der Waals surface area contributed by atoms with E-state index in [-0.39, 0.29) is 11.1 Å². The molecule has 0 saturated heterocycles. The molecule has 8 heteroatoms. The van der Waals surface area contributed by atoms with Crippen molar-refractivity contribution in [3.8, 4) is 5.75 Å². The third-order valence-electron chi connectivity index (χ3n) is 3.02. The van der Waals surface area contributed by atoms with E-state index in [1.54, 1.807) is 19.2 Å². The van der Waals surface area contributed by atoms with Crippen LogP contribution in [0.15, 0.2) is 34.6 Å². The number of aliphatic carboxylic acids is 1. The molecule has 0 amide bonds. The van der Waals surface area contributed by atoms with Crippen LogP contribution in [0.4, 0.5) is 0 Å². The number of nitrogens with one attached hydrogen (secondary N) is 2. The SMILES string of the molecule is COc1ccc(CNC2=C(C(=O)O)C=NC(SC)N2)cc1Cl. The lowest BCUT2D eigenvalue weighted by atomic mass is 10.2. The predicted octanol–water partition coefficient (Wildman–Crippen LogP) is 2.05. The van der Waals surface area contributed by atoms with Gasteiger partial charge in [0.25, 0.3) is 0 Å². The number of rotatable bonds is 6. The molecular formula is C14H16ClN3O3S. The van der Waals surface area contributed by atoms with E-state index in [1.807, 2.05) is 12.3 Å². The Bertz CT molecular complexity index is 634. The number of carbonyl (C=O) groups is 1. The van der Waals surface area contributed by atoms with Crippen molar-refractivity contribution in [2.45, 2.75) is 12.0 Å². The smallest absolute Gasteiger partial charge is 0.340 e. The Morgan fingerprint density at radius 2 is 2.36 bits per heavy atom. The first kappa shape index (κ1) is 16.5. The molecule has 1 atom stereocenters. The molecule has 1 unspecified atom stereocenters. The Labute approximate surface area is 137 Å². The van der Waals surface area contributed by atoms with E-state index < -0.39 is 5.97 Å². The van der Waals surface area contributed by atoms with Gasteiger partial charge in [-0.05, 0) is 24.0 Å². The van der Waals surface area contributed by atoms with Gasteiger partial charge in [0.05, 0.1) is 12.1 Å². The highest BCUT2D eigenvalue weighted by Gasteiger charge is 2.20. The van der Waals surface area contributed by atoms with Crippen LogP contribution >= 0.6 is 23.4 Å². The summed E-state index contributed by atoms with van der Waals surface area (Å²) in [5.74, 6) is 0.00101. The highest BCUT2D eigenvalue weighted by Crippen LogP contribution is 2.25. The largest absolute Gasteiger partial charge is 0.495 e. The van der Waals surface area contributed by atoms with E-state index in [0.717, 1.165) is 5.56 Å². The van der Waals surface area contributed by atoms with E-state index in [1.165, 1.54) is 18.0 Å². The first-order valence-corrected chi connectivity index (χ1v) is 8.08. The van der Waals surface area contributed by atoms with Gasteiger partial charge < -0.3 is 20.5 Å². The van der Waals surface area contributed by atoms with Gasteiger partial charge >= 0.3 is 5.97 Å². The second-order valence-electron chi connectivity index (χ2n) is 4.43. The van der Waals surface area contributed by atoms with Crippen LogP contribution in [0.1, 0.15) is 5.56 Å². The van der Waals surface area contributed by atoms with E-state index in [4.69, 9.17) is 16.3 Å². The quantitative estimate of drug-likeness (QED) is 0.734. The summed E-state index contributed by atoms with van der Waals surface area (Å²) in [5, 5.41) is 15.8. The number of hydrogen-bond acceptors (Lipinski definition) is 6. The predicted molar refractivity (Wildman–Crippen MR) is 88.4 cm³/mol. The number of aliphatic imine (C=N–C) groups is 1. The van der Waals surface area contributed by atoms with Gasteiger partial charge in [-0.3, -0.25) is 4.99 Å². The van der Waals surface area contributed by atoms with E-state index >= 15 is 0 Å². The number of nitrogens with zero attached hydrogens (tertiary/aromatic N) is 1. The van der Waals surface area contributed by atoms with Crippen molar-refractivity contribution in [3.63, 3.8) is 0 Å². The van der Waals surface area contributed by atoms with Gasteiger partial charge in [-0.25, -0.2) is 4.79 Å². The van der Waals surface area contributed by atoms with Crippen LogP contribution in [0.25, 0.3) is 0 Å². The number of carboxylic acid groups (broad SMARTS) is 1. The zero-order chi connectivity index (χ0) is 16.1. The Morgan fingerprint density at radius 1 is 1.59 bits per heavy atom. The van der Waals surface area contributed by atoms with Crippen molar-refractivity contribution >= 4 is 35.5 Å². The summed E-state index contributed by atoms with van der Waals surface area (Å²) in [6.45, 7) is 0.428. The van der Waals surface area contributed by atoms with Gasteiger partial charge in [0.1, 0.15) is 17.1 Å². The summed E-state index contributed by atoms with van der Waals surface area (Å²) in [4.78, 5) is 15.3. The van der Waals surface area contributed by atoms with Crippen molar-refractivity contribution in [2.24, 2.45) is 4.99 Å². The van der Waals surface area contributed by atoms with E-state index in [2.05, 4.69) is 15.6 Å². The molecule has 1 aromatic carbocycles. The maximum Gasteiger partial charge on any atom is 0.340 e. The highest BCUT2D eigenvalue weighted by molar-refractivity contribution is 7.99. The van der Waals surface area contributed by atoms with Gasteiger partial charge in [-0.2, -0.15) is 0 Å². The maximum absolute atomic E-state index is 11.2. The van der Waals surface area contributed by atoms with E-state index in [0.29, 0.717) is 23.1 Å². The standard InChI is InChI=1S/C14H16ClN3O3S/c1-21-11-4-3-8(5-10(11)15)6-16-12-9(13(19)20)7-17-14(18-12)22-2/h3-5,7,14,16,18H,6H2,1-2H3,(H,19,20). The van der Waals surface area contributed by atoms with Crippen LogP contribution < -0.4 is 15.4 Å². The number of ether oxygens (including phenoxy) is 1. The summed E-state index contributed by atoms with van der Waals surface area (Å²) >= 11 is 7.56. The van der Waals surface area contributed by atoms with Crippen molar-refractivity contribution in [1.82, 2.24) is 10.6 Å². The summed E-state index contributed by atoms with van der Waals surface area (Å²) in [5.41, 5.74) is 0.808. The Kier molecular flexibility index (Phi) is 5.57. The first-order valence-electron chi connectivity index (χ1n) is 6.41. The fourth-order valence-corrected chi connectivity index (χ4v) is 2.58. The Morgan fingerprint density at radius 3 is 2.95 bits per heavy atom. The zero-order valence-corrected chi connectivity index (χ0v) is 13.7. The fraction of sp³-hybridized carbons (Fsp3) is 0.286. The van der Waals surface area contributed by atoms with Gasteiger partial charge in [-0.1, -0.05) is 17.7 Å². The average Bonchev–Trinajstić information content (AvgIpc) is 2.52. The van der Waals surface area contributed by atoms with E-state index in [9.17, 15) is 9.90 Å². The van der Waals surface area contributed by atoms with Crippen LogP contribution in [-0.4, -0.2) is 36.2 Å². The molecule has 6 nitrogen and oxygen atoms in total. The molecule has 0 aromatic heterocycles. The van der Waals surface area contributed by atoms with Crippen molar-refractivity contribution in [1.29, 1.82) is 0 Å². The summed E-state index contributed by atoms with van der Waals surface area (Å²) in [6, 6.07) is 5.41. The van der Waals surface area contributed by atoms with Gasteiger partial charge in [0.2, 0.25) is 0 Å². The number of methoxy groups -OCH3 is 1.